The summed E-state index contributed by atoms with van der Waals surface area (Å²) in [6, 6.07) is 20.8. The highest BCUT2D eigenvalue weighted by atomic mass is 32.2. The minimum Gasteiger partial charge on any atom is -0.361 e. The van der Waals surface area contributed by atoms with Gasteiger partial charge in [-0.3, -0.25) is 14.5 Å². The number of rotatable bonds is 23. The number of aromatic nitrogens is 12. The van der Waals surface area contributed by atoms with Crippen LogP contribution in [-0.2, 0) is 64.1 Å². The Bertz CT molecular complexity index is 4700. The van der Waals surface area contributed by atoms with E-state index in [1.54, 1.807) is 61.8 Å². The Morgan fingerprint density at radius 1 is 0.635 bits per heavy atom. The van der Waals surface area contributed by atoms with Crippen molar-refractivity contribution in [3.8, 4) is 51.6 Å². The quantitative estimate of drug-likeness (QED) is 0.0342. The molecule has 9 aromatic rings. The molecule has 0 aliphatic carbocycles. The van der Waals surface area contributed by atoms with E-state index in [2.05, 4.69) is 102 Å². The number of nitrogens with one attached hydrogen (secondary N) is 2. The zero-order chi connectivity index (χ0) is 69.4. The third-order valence-electron chi connectivity index (χ3n) is 17.7. The van der Waals surface area contributed by atoms with Crippen LogP contribution in [0.2, 0.25) is 51.4 Å². The third kappa shape index (κ3) is 16.2. The van der Waals surface area contributed by atoms with Gasteiger partial charge in [0.1, 0.15) is 41.5 Å². The van der Waals surface area contributed by atoms with Gasteiger partial charge in [-0.2, -0.15) is 44.0 Å². The van der Waals surface area contributed by atoms with Gasteiger partial charge in [0.25, 0.3) is 0 Å². The number of nitriles is 3. The molecule has 1 atom stereocenters. The van der Waals surface area contributed by atoms with Crippen LogP contribution in [0.4, 0.5) is 0 Å². The summed E-state index contributed by atoms with van der Waals surface area (Å²) in [5.41, 5.74) is 8.86. The van der Waals surface area contributed by atoms with E-state index in [0.29, 0.717) is 32.1 Å². The zero-order valence-electron chi connectivity index (χ0n) is 56.4. The van der Waals surface area contributed by atoms with E-state index in [0.717, 1.165) is 91.3 Å². The van der Waals surface area contributed by atoms with Gasteiger partial charge in [-0.05, 0) is 105 Å². The first kappa shape index (κ1) is 72.3. The Morgan fingerprint density at radius 3 is 1.61 bits per heavy atom. The summed E-state index contributed by atoms with van der Waals surface area (Å²) in [5.74, 6) is -0.144. The molecule has 9 aromatic heterocycles. The summed E-state index contributed by atoms with van der Waals surface area (Å²) in [4.78, 5) is 16.5. The van der Waals surface area contributed by atoms with E-state index in [1.165, 1.54) is 19.0 Å². The lowest BCUT2D eigenvalue weighted by atomic mass is 9.80. The summed E-state index contributed by atoms with van der Waals surface area (Å²) < 4.78 is 94.8. The van der Waals surface area contributed by atoms with Crippen molar-refractivity contribution in [2.24, 2.45) is 5.92 Å². The lowest BCUT2D eigenvalue weighted by Gasteiger charge is -2.50. The predicted molar refractivity (Wildman–Crippen MR) is 376 cm³/mol. The van der Waals surface area contributed by atoms with E-state index in [-0.39, 0.29) is 55.8 Å². The van der Waals surface area contributed by atoms with Gasteiger partial charge in [0, 0.05) is 163 Å². The van der Waals surface area contributed by atoms with Crippen molar-refractivity contribution in [1.29, 1.82) is 15.8 Å². The Kier molecular flexibility index (Phi) is 22.4. The van der Waals surface area contributed by atoms with Crippen LogP contribution < -0.4 is 0 Å². The molecular formula is C65H86N18O8S3Si2. The molecule has 12 rings (SSSR count). The predicted octanol–water partition coefficient (Wildman–Crippen LogP) is 9.66. The average molecular weight is 1400 g/mol. The number of H-pyrrole nitrogens is 2. The van der Waals surface area contributed by atoms with Crippen LogP contribution >= 0.6 is 0 Å². The maximum absolute atomic E-state index is 12.2. The molecule has 3 aliphatic rings. The summed E-state index contributed by atoms with van der Waals surface area (Å²) in [6.07, 6.45) is 22.5. The molecule has 96 heavy (non-hydrogen) atoms. The minimum absolute atomic E-state index is 0.0494. The van der Waals surface area contributed by atoms with Gasteiger partial charge in [0.05, 0.1) is 66.4 Å². The molecule has 0 saturated carbocycles. The number of nitrogens with zero attached hydrogens (tertiary/aromatic N) is 16. The van der Waals surface area contributed by atoms with Crippen LogP contribution in [0.3, 0.4) is 0 Å². The molecule has 0 amide bonds. The van der Waals surface area contributed by atoms with Crippen LogP contribution in [0.5, 0.6) is 0 Å². The standard InChI is InChI=1S/C23H32N6O3SSi.C18H20N6O2S.C16H22N4OSi.C8H12N2O2S/c1-5-33(30,31)28-16-23(17-28,8-9-24)29-15-19(14-26-29)20-6-10-25-22-21(20)7-11-27(22)18-32-12-13-34(2,3)4;1-3-27(25,26)23-11-18(12-23,13(2)8-19)24-10-14(9-22-24)15-4-6-20-17-16(15)5-7-21-17;1-22(2,3)9-8-21-12-20-7-5-15-14(4-6-17-16(15)20)13-10-18-19-11-13;1-3-13(11,12)10-5-8(6-10)7(2)4-9/h6-7,10-11,14-15H,5,8,12-13,16-18H2,1-4H3;4-7,9-10,13H,3,11-12H2,1-2H3,(H,20,21);4-7,10-11H,8-9,12H2,1-3H3,(H,18,19);3,5-6H2,1-2H3. The van der Waals surface area contributed by atoms with Gasteiger partial charge in [-0.25, -0.2) is 40.2 Å². The highest BCUT2D eigenvalue weighted by Gasteiger charge is 2.54. The summed E-state index contributed by atoms with van der Waals surface area (Å²) in [7, 11) is -11.8. The Hall–Kier alpha value is -8.01. The molecule has 0 bridgehead atoms. The van der Waals surface area contributed by atoms with E-state index in [9.17, 15) is 35.8 Å². The first-order valence-corrected chi connectivity index (χ1v) is 44.1. The molecule has 510 valence electrons. The average Bonchev–Trinajstić information content (AvgIpc) is 1.38. The smallest absolute Gasteiger partial charge is 0.214 e. The third-order valence-corrected chi connectivity index (χ3v) is 26.5. The number of hydrogen-bond acceptors (Lipinski definition) is 17. The summed E-state index contributed by atoms with van der Waals surface area (Å²) in [6.45, 7) is 26.9. The number of aromatic amines is 2. The number of hydrogen-bond donors (Lipinski definition) is 2. The van der Waals surface area contributed by atoms with Crippen molar-refractivity contribution in [2.75, 3.05) is 69.7 Å². The highest BCUT2D eigenvalue weighted by Crippen LogP contribution is 2.40. The molecule has 3 saturated heterocycles. The minimum atomic E-state index is -3.29. The molecule has 3 fully saturated rings. The molecule has 0 radical (unpaired) electrons. The SMILES string of the molecule is CCS(=O)(=O)N1CC(=C(C)C#N)C1.CCS(=O)(=O)N1CC(C(C)C#N)(n2cc(-c3ccnc4[nH]ccc34)cn2)C1.CCS(=O)(=O)N1CC(CC#N)(n2cc(-c3ccnc4c3ccn4COCC[Si](C)(C)C)cn2)C1.C[Si](C)(C)CCOCn1ccc2c(-c3cn[nH]c3)ccnc21. The zero-order valence-corrected chi connectivity index (χ0v) is 60.9. The molecule has 3 aliphatic heterocycles. The van der Waals surface area contributed by atoms with Crippen LogP contribution in [0.15, 0.2) is 122 Å². The molecule has 12 heterocycles. The second-order valence-electron chi connectivity index (χ2n) is 26.8. The van der Waals surface area contributed by atoms with Gasteiger partial charge in [-0.1, -0.05) is 39.3 Å². The number of pyridine rings is 3. The van der Waals surface area contributed by atoms with Gasteiger partial charge in [0.2, 0.25) is 30.1 Å². The normalized spacial score (nSPS) is 16.1. The second kappa shape index (κ2) is 29.8. The van der Waals surface area contributed by atoms with Crippen LogP contribution in [0.25, 0.3) is 66.5 Å². The maximum atomic E-state index is 12.2. The summed E-state index contributed by atoms with van der Waals surface area (Å²) in [5, 5.41) is 46.5. The maximum Gasteiger partial charge on any atom is 0.214 e. The van der Waals surface area contributed by atoms with Crippen molar-refractivity contribution < 1.29 is 34.7 Å². The highest BCUT2D eigenvalue weighted by molar-refractivity contribution is 7.89. The summed E-state index contributed by atoms with van der Waals surface area (Å²) >= 11 is 0. The number of allylic oxidation sites excluding steroid dienone is 1. The number of fused-ring (bicyclic) bond motifs is 3. The van der Waals surface area contributed by atoms with Crippen molar-refractivity contribution >= 4 is 79.3 Å². The van der Waals surface area contributed by atoms with Crippen molar-refractivity contribution in [1.82, 2.24) is 71.7 Å². The van der Waals surface area contributed by atoms with Gasteiger partial charge < -0.3 is 23.6 Å². The number of ether oxygens (including phenoxy) is 2. The fraction of sp³-hybridized carbons (Fsp3) is 0.462. The van der Waals surface area contributed by atoms with E-state index in [1.807, 2.05) is 97.5 Å². The van der Waals surface area contributed by atoms with Crippen LogP contribution in [0, 0.1) is 39.9 Å². The van der Waals surface area contributed by atoms with Crippen LogP contribution in [-0.4, -0.2) is 183 Å². The Labute approximate surface area is 564 Å². The lowest BCUT2D eigenvalue weighted by Crippen LogP contribution is -2.67. The van der Waals surface area contributed by atoms with E-state index in [4.69, 9.17) is 14.7 Å². The lowest BCUT2D eigenvalue weighted by molar-refractivity contribution is 0.0357. The fourth-order valence-corrected chi connectivity index (χ4v) is 16.3. The topological polar surface area (TPSA) is 331 Å². The molecular weight excluding hydrogens is 1310 g/mol. The first-order chi connectivity index (χ1) is 45.5. The fourth-order valence-electron chi connectivity index (χ4n) is 11.2. The first-order valence-electron chi connectivity index (χ1n) is 31.9. The Balaban J connectivity index is 0.000000157. The van der Waals surface area contributed by atoms with Gasteiger partial charge >= 0.3 is 0 Å². The van der Waals surface area contributed by atoms with Gasteiger partial charge in [-0.15, -0.1) is 0 Å². The molecule has 26 nitrogen and oxygen atoms in total. The van der Waals surface area contributed by atoms with Crippen molar-refractivity contribution in [2.45, 2.75) is 117 Å². The molecule has 31 heteroatoms. The molecule has 1 unspecified atom stereocenters. The Morgan fingerprint density at radius 2 is 1.12 bits per heavy atom. The van der Waals surface area contributed by atoms with E-state index < -0.39 is 57.3 Å². The second-order valence-corrected chi connectivity index (χ2v) is 44.8. The molecule has 2 N–H and O–H groups in total. The van der Waals surface area contributed by atoms with Crippen molar-refractivity contribution in [3.05, 3.63) is 122 Å². The molecule has 0 aromatic carbocycles. The van der Waals surface area contributed by atoms with Crippen LogP contribution in [0.1, 0.15) is 41.0 Å². The monoisotopic (exact) mass is 1400 g/mol. The largest absolute Gasteiger partial charge is 0.361 e. The van der Waals surface area contributed by atoms with Gasteiger partial charge in [0.15, 0.2) is 0 Å². The van der Waals surface area contributed by atoms with E-state index >= 15 is 0 Å². The van der Waals surface area contributed by atoms with Crippen molar-refractivity contribution in [3.63, 3.8) is 0 Å². The molecule has 0 spiro atoms. The number of sulfonamides is 3.